The summed E-state index contributed by atoms with van der Waals surface area (Å²) in [6, 6.07) is 7.94. The van der Waals surface area contributed by atoms with Crippen LogP contribution in [-0.4, -0.2) is 25.2 Å². The molecule has 2 atom stereocenters. The highest BCUT2D eigenvalue weighted by Crippen LogP contribution is 2.36. The van der Waals surface area contributed by atoms with E-state index in [0.717, 1.165) is 13.1 Å². The molecule has 2 heterocycles. The Balaban J connectivity index is 2.04. The Morgan fingerprint density at radius 3 is 3.13 bits per heavy atom. The van der Waals surface area contributed by atoms with E-state index in [-0.39, 0.29) is 0 Å². The molecule has 3 rings (SSSR count). The fourth-order valence-corrected chi connectivity index (χ4v) is 3.17. The lowest BCUT2D eigenvalue weighted by molar-refractivity contribution is 0.430. The van der Waals surface area contributed by atoms with Crippen LogP contribution in [0.25, 0.3) is 0 Å². The zero-order chi connectivity index (χ0) is 10.4. The van der Waals surface area contributed by atoms with Crippen molar-refractivity contribution in [1.29, 1.82) is 0 Å². The summed E-state index contributed by atoms with van der Waals surface area (Å²) < 4.78 is 1.19. The van der Waals surface area contributed by atoms with E-state index in [0.29, 0.717) is 12.1 Å². The van der Waals surface area contributed by atoms with Gasteiger partial charge in [-0.2, -0.15) is 0 Å². The summed E-state index contributed by atoms with van der Waals surface area (Å²) in [6.45, 7) is 4.52. The first kappa shape index (κ1) is 9.67. The number of rotatable bonds is 0. The molecule has 0 bridgehead atoms. The first-order valence-corrected chi connectivity index (χ1v) is 6.32. The molecule has 2 aliphatic heterocycles. The molecule has 0 unspecified atom stereocenters. The van der Waals surface area contributed by atoms with Crippen LogP contribution in [0.2, 0.25) is 0 Å². The van der Waals surface area contributed by atoms with Gasteiger partial charge in [-0.1, -0.05) is 22.0 Å². The standard InChI is InChI=1S/C12H15BrN2/c1-8-6-14-7-11-4-9-2-3-10(13)5-12(9)15(8)11/h2-3,5,8,11,14H,4,6-7H2,1H3/t8-,11-/m1/s1. The van der Waals surface area contributed by atoms with E-state index in [2.05, 4.69) is 51.3 Å². The minimum atomic E-state index is 0.610. The maximum Gasteiger partial charge on any atom is 0.0459 e. The van der Waals surface area contributed by atoms with Crippen molar-refractivity contribution in [3.05, 3.63) is 28.2 Å². The first-order chi connectivity index (χ1) is 7.25. The van der Waals surface area contributed by atoms with Crippen LogP contribution in [0.5, 0.6) is 0 Å². The van der Waals surface area contributed by atoms with Crippen LogP contribution in [0.1, 0.15) is 12.5 Å². The van der Waals surface area contributed by atoms with Crippen molar-refractivity contribution in [3.63, 3.8) is 0 Å². The van der Waals surface area contributed by atoms with E-state index < -0.39 is 0 Å². The van der Waals surface area contributed by atoms with Crippen LogP contribution in [0.4, 0.5) is 5.69 Å². The summed E-state index contributed by atoms with van der Waals surface area (Å²) in [6.07, 6.45) is 1.19. The van der Waals surface area contributed by atoms with Gasteiger partial charge in [-0.05, 0) is 31.0 Å². The Hall–Kier alpha value is -0.540. The molecule has 0 saturated carbocycles. The summed E-state index contributed by atoms with van der Waals surface area (Å²) >= 11 is 3.56. The van der Waals surface area contributed by atoms with Crippen LogP contribution >= 0.6 is 15.9 Å². The lowest BCUT2D eigenvalue weighted by Crippen LogP contribution is -2.54. The maximum atomic E-state index is 3.56. The molecule has 0 aliphatic carbocycles. The molecular weight excluding hydrogens is 252 g/mol. The number of hydrogen-bond acceptors (Lipinski definition) is 2. The molecule has 0 amide bonds. The molecule has 80 valence electrons. The molecule has 1 fully saturated rings. The van der Waals surface area contributed by atoms with Gasteiger partial charge in [-0.15, -0.1) is 0 Å². The zero-order valence-electron chi connectivity index (χ0n) is 8.83. The third kappa shape index (κ3) is 1.49. The summed E-state index contributed by atoms with van der Waals surface area (Å²) in [7, 11) is 0. The molecule has 1 N–H and O–H groups in total. The lowest BCUT2D eigenvalue weighted by atomic mass is 10.1. The van der Waals surface area contributed by atoms with Gasteiger partial charge < -0.3 is 10.2 Å². The zero-order valence-corrected chi connectivity index (χ0v) is 10.4. The van der Waals surface area contributed by atoms with Crippen molar-refractivity contribution in [2.45, 2.75) is 25.4 Å². The van der Waals surface area contributed by atoms with Crippen LogP contribution < -0.4 is 10.2 Å². The Bertz CT molecular complexity index is 391. The highest BCUT2D eigenvalue weighted by Gasteiger charge is 2.34. The van der Waals surface area contributed by atoms with Crippen molar-refractivity contribution >= 4 is 21.6 Å². The van der Waals surface area contributed by atoms with Gasteiger partial charge in [0.2, 0.25) is 0 Å². The quantitative estimate of drug-likeness (QED) is 0.775. The second-order valence-corrected chi connectivity index (χ2v) is 5.46. The maximum absolute atomic E-state index is 3.56. The smallest absolute Gasteiger partial charge is 0.0459 e. The largest absolute Gasteiger partial charge is 0.363 e. The molecule has 0 aromatic heterocycles. The van der Waals surface area contributed by atoms with Gasteiger partial charge in [-0.3, -0.25) is 0 Å². The van der Waals surface area contributed by atoms with Crippen molar-refractivity contribution < 1.29 is 0 Å². The van der Waals surface area contributed by atoms with Crippen molar-refractivity contribution in [3.8, 4) is 0 Å². The number of anilines is 1. The fourth-order valence-electron chi connectivity index (χ4n) is 2.82. The summed E-state index contributed by atoms with van der Waals surface area (Å²) in [5.74, 6) is 0. The monoisotopic (exact) mass is 266 g/mol. The molecule has 2 nitrogen and oxygen atoms in total. The van der Waals surface area contributed by atoms with Gasteiger partial charge in [0.05, 0.1) is 0 Å². The van der Waals surface area contributed by atoms with Crippen LogP contribution in [0.15, 0.2) is 22.7 Å². The average Bonchev–Trinajstić information content (AvgIpc) is 2.57. The van der Waals surface area contributed by atoms with Crippen molar-refractivity contribution in [1.82, 2.24) is 5.32 Å². The second-order valence-electron chi connectivity index (χ2n) is 4.55. The normalized spacial score (nSPS) is 28.8. The third-order valence-corrected chi connectivity index (χ3v) is 3.96. The highest BCUT2D eigenvalue weighted by molar-refractivity contribution is 9.10. The molecule has 2 aliphatic rings. The number of benzene rings is 1. The van der Waals surface area contributed by atoms with Gasteiger partial charge in [0.1, 0.15) is 0 Å². The van der Waals surface area contributed by atoms with E-state index in [1.807, 2.05) is 0 Å². The van der Waals surface area contributed by atoms with Gasteiger partial charge in [0, 0.05) is 35.3 Å². The molecule has 0 spiro atoms. The van der Waals surface area contributed by atoms with E-state index >= 15 is 0 Å². The Kier molecular flexibility index (Phi) is 2.25. The van der Waals surface area contributed by atoms with E-state index in [1.165, 1.54) is 22.1 Å². The van der Waals surface area contributed by atoms with Crippen molar-refractivity contribution in [2.24, 2.45) is 0 Å². The minimum absolute atomic E-state index is 0.610. The molecule has 15 heavy (non-hydrogen) atoms. The Morgan fingerprint density at radius 1 is 1.40 bits per heavy atom. The summed E-state index contributed by atoms with van der Waals surface area (Å²) in [4.78, 5) is 2.58. The topological polar surface area (TPSA) is 15.3 Å². The predicted octanol–water partition coefficient (Wildman–Crippen LogP) is 2.17. The highest BCUT2D eigenvalue weighted by atomic mass is 79.9. The summed E-state index contributed by atoms with van der Waals surface area (Å²) in [5, 5.41) is 3.50. The number of nitrogens with zero attached hydrogens (tertiary/aromatic N) is 1. The van der Waals surface area contributed by atoms with E-state index in [9.17, 15) is 0 Å². The van der Waals surface area contributed by atoms with E-state index in [4.69, 9.17) is 0 Å². The number of halogens is 1. The van der Waals surface area contributed by atoms with E-state index in [1.54, 1.807) is 0 Å². The summed E-state index contributed by atoms with van der Waals surface area (Å²) in [5.41, 5.74) is 2.93. The first-order valence-electron chi connectivity index (χ1n) is 5.53. The van der Waals surface area contributed by atoms with Gasteiger partial charge >= 0.3 is 0 Å². The Morgan fingerprint density at radius 2 is 2.27 bits per heavy atom. The number of nitrogens with one attached hydrogen (secondary N) is 1. The Labute approximate surface area is 98.8 Å². The van der Waals surface area contributed by atoms with Crippen LogP contribution in [0, 0.1) is 0 Å². The number of piperazine rings is 1. The second kappa shape index (κ2) is 3.49. The molecule has 3 heteroatoms. The van der Waals surface area contributed by atoms with Gasteiger partial charge in [0.15, 0.2) is 0 Å². The van der Waals surface area contributed by atoms with Crippen LogP contribution in [-0.2, 0) is 6.42 Å². The molecular formula is C12H15BrN2. The molecule has 0 radical (unpaired) electrons. The number of fused-ring (bicyclic) bond motifs is 3. The molecule has 1 aromatic rings. The predicted molar refractivity (Wildman–Crippen MR) is 66.4 cm³/mol. The van der Waals surface area contributed by atoms with Gasteiger partial charge in [-0.25, -0.2) is 0 Å². The van der Waals surface area contributed by atoms with Crippen molar-refractivity contribution in [2.75, 3.05) is 18.0 Å². The average molecular weight is 267 g/mol. The fraction of sp³-hybridized carbons (Fsp3) is 0.500. The third-order valence-electron chi connectivity index (χ3n) is 3.47. The van der Waals surface area contributed by atoms with Gasteiger partial charge in [0.25, 0.3) is 0 Å². The molecule has 1 aromatic carbocycles. The number of hydrogen-bond donors (Lipinski definition) is 1. The minimum Gasteiger partial charge on any atom is -0.363 e. The van der Waals surface area contributed by atoms with Crippen LogP contribution in [0.3, 0.4) is 0 Å². The SMILES string of the molecule is C[C@@H]1CNC[C@H]2Cc3ccc(Br)cc3N21. The molecule has 1 saturated heterocycles. The lowest BCUT2D eigenvalue weighted by Gasteiger charge is -2.38.